The quantitative estimate of drug-likeness (QED) is 0.727. The number of nitrogen functional groups attached to an aromatic ring is 1. The van der Waals surface area contributed by atoms with E-state index in [0.717, 1.165) is 4.47 Å². The molecule has 0 atom stereocenters. The molecule has 0 bridgehead atoms. The molecule has 3 aromatic rings. The summed E-state index contributed by atoms with van der Waals surface area (Å²) in [6.07, 6.45) is 1.61. The first kappa shape index (κ1) is 12.7. The Hall–Kier alpha value is -2.28. The highest BCUT2D eigenvalue weighted by Crippen LogP contribution is 2.27. The van der Waals surface area contributed by atoms with Crippen molar-refractivity contribution < 1.29 is 8.91 Å². The summed E-state index contributed by atoms with van der Waals surface area (Å²) in [5.74, 6) is -0.154. The molecule has 100 valence electrons. The third-order valence-corrected chi connectivity index (χ3v) is 3.26. The fraction of sp³-hybridized carbons (Fsp3) is 0. The van der Waals surface area contributed by atoms with E-state index < -0.39 is 5.82 Å². The molecule has 0 amide bonds. The lowest BCUT2D eigenvalue weighted by atomic mass is 10.2. The maximum Gasteiger partial charge on any atom is 0.261 e. The molecule has 20 heavy (non-hydrogen) atoms. The van der Waals surface area contributed by atoms with Crippen LogP contribution in [0.3, 0.4) is 0 Å². The van der Waals surface area contributed by atoms with E-state index in [9.17, 15) is 4.39 Å². The lowest BCUT2D eigenvalue weighted by Gasteiger charge is -1.98. The van der Waals surface area contributed by atoms with Crippen LogP contribution in [0.2, 0.25) is 0 Å². The maximum absolute atomic E-state index is 13.8. The molecule has 0 saturated carbocycles. The monoisotopic (exact) mass is 334 g/mol. The number of pyridine rings is 1. The third-order valence-electron chi connectivity index (χ3n) is 2.62. The second-order valence-corrected chi connectivity index (χ2v) is 4.85. The molecular weight excluding hydrogens is 327 g/mol. The predicted molar refractivity (Wildman–Crippen MR) is 75.0 cm³/mol. The van der Waals surface area contributed by atoms with Crippen LogP contribution >= 0.6 is 15.9 Å². The second kappa shape index (κ2) is 5.01. The van der Waals surface area contributed by atoms with E-state index in [1.54, 1.807) is 18.3 Å². The summed E-state index contributed by atoms with van der Waals surface area (Å²) >= 11 is 3.35. The van der Waals surface area contributed by atoms with Crippen LogP contribution in [0.5, 0.6) is 0 Å². The summed E-state index contributed by atoms with van der Waals surface area (Å²) < 4.78 is 19.6. The molecule has 0 spiro atoms. The normalized spacial score (nSPS) is 10.7. The number of rotatable bonds is 2. The fourth-order valence-electron chi connectivity index (χ4n) is 1.68. The van der Waals surface area contributed by atoms with Gasteiger partial charge in [0.25, 0.3) is 5.89 Å². The molecule has 0 aliphatic heterocycles. The molecule has 2 N–H and O–H groups in total. The first-order valence-corrected chi connectivity index (χ1v) is 6.44. The number of nitrogens with two attached hydrogens (primary N) is 1. The van der Waals surface area contributed by atoms with Gasteiger partial charge in [0.15, 0.2) is 0 Å². The van der Waals surface area contributed by atoms with Gasteiger partial charge >= 0.3 is 0 Å². The van der Waals surface area contributed by atoms with E-state index in [4.69, 9.17) is 10.3 Å². The summed E-state index contributed by atoms with van der Waals surface area (Å²) in [6, 6.07) is 7.85. The number of halogens is 2. The van der Waals surface area contributed by atoms with Crippen molar-refractivity contribution in [3.8, 4) is 23.0 Å². The summed E-state index contributed by atoms with van der Waals surface area (Å²) in [7, 11) is 0. The van der Waals surface area contributed by atoms with Crippen molar-refractivity contribution in [3.05, 3.63) is 46.8 Å². The zero-order valence-electron chi connectivity index (χ0n) is 10.0. The number of nitrogens with zero attached hydrogens (tertiary/aromatic N) is 3. The molecule has 0 unspecified atom stereocenters. The Labute approximate surface area is 121 Å². The van der Waals surface area contributed by atoms with Crippen molar-refractivity contribution in [2.75, 3.05) is 5.73 Å². The minimum absolute atomic E-state index is 0.0788. The van der Waals surface area contributed by atoms with Crippen LogP contribution < -0.4 is 5.73 Å². The average Bonchev–Trinajstić information content (AvgIpc) is 2.88. The Morgan fingerprint density at radius 3 is 2.85 bits per heavy atom. The average molecular weight is 335 g/mol. The number of hydrogen-bond acceptors (Lipinski definition) is 5. The topological polar surface area (TPSA) is 77.8 Å². The van der Waals surface area contributed by atoms with Crippen molar-refractivity contribution >= 4 is 21.6 Å². The highest BCUT2D eigenvalue weighted by Gasteiger charge is 2.16. The SMILES string of the molecule is Nc1ccc(-c2nc(-c3ncccc3Br)no2)c(F)c1. The molecule has 3 rings (SSSR count). The summed E-state index contributed by atoms with van der Waals surface area (Å²) in [4.78, 5) is 8.30. The van der Waals surface area contributed by atoms with E-state index in [-0.39, 0.29) is 17.3 Å². The molecule has 5 nitrogen and oxygen atoms in total. The van der Waals surface area contributed by atoms with Crippen LogP contribution in [0.1, 0.15) is 0 Å². The van der Waals surface area contributed by atoms with Crippen molar-refractivity contribution in [1.29, 1.82) is 0 Å². The molecule has 0 aliphatic rings. The number of benzene rings is 1. The van der Waals surface area contributed by atoms with Gasteiger partial charge in [-0.3, -0.25) is 4.98 Å². The Balaban J connectivity index is 2.04. The van der Waals surface area contributed by atoms with E-state index in [1.165, 1.54) is 12.1 Å². The molecule has 0 saturated heterocycles. The third kappa shape index (κ3) is 2.27. The first-order valence-electron chi connectivity index (χ1n) is 5.65. The van der Waals surface area contributed by atoms with E-state index in [1.807, 2.05) is 6.07 Å². The van der Waals surface area contributed by atoms with Crippen molar-refractivity contribution in [1.82, 2.24) is 15.1 Å². The van der Waals surface area contributed by atoms with Crippen molar-refractivity contribution in [2.45, 2.75) is 0 Å². The van der Waals surface area contributed by atoms with Crippen LogP contribution in [0.4, 0.5) is 10.1 Å². The van der Waals surface area contributed by atoms with Gasteiger partial charge in [-0.05, 0) is 46.3 Å². The highest BCUT2D eigenvalue weighted by atomic mass is 79.9. The zero-order chi connectivity index (χ0) is 14.1. The molecular formula is C13H8BrFN4O. The Kier molecular flexibility index (Phi) is 3.19. The lowest BCUT2D eigenvalue weighted by Crippen LogP contribution is -1.90. The minimum atomic E-state index is -0.514. The summed E-state index contributed by atoms with van der Waals surface area (Å²) in [6.45, 7) is 0. The van der Waals surface area contributed by atoms with Gasteiger partial charge in [0.2, 0.25) is 5.82 Å². The van der Waals surface area contributed by atoms with Gasteiger partial charge in [-0.1, -0.05) is 5.16 Å². The van der Waals surface area contributed by atoms with Crippen LogP contribution in [-0.2, 0) is 0 Å². The molecule has 2 heterocycles. The second-order valence-electron chi connectivity index (χ2n) is 4.00. The van der Waals surface area contributed by atoms with Crippen LogP contribution in [0, 0.1) is 5.82 Å². The van der Waals surface area contributed by atoms with Gasteiger partial charge in [0.1, 0.15) is 11.5 Å². The Bertz CT molecular complexity index is 775. The number of aromatic nitrogens is 3. The smallest absolute Gasteiger partial charge is 0.261 e. The molecule has 7 heteroatoms. The van der Waals surface area contributed by atoms with Crippen LogP contribution in [-0.4, -0.2) is 15.1 Å². The van der Waals surface area contributed by atoms with Gasteiger partial charge in [-0.25, -0.2) is 4.39 Å². The van der Waals surface area contributed by atoms with Gasteiger partial charge in [-0.2, -0.15) is 4.98 Å². The largest absolute Gasteiger partial charge is 0.399 e. The standard InChI is InChI=1S/C13H8BrFN4O/c14-9-2-1-5-17-11(9)12-18-13(20-19-12)8-4-3-7(16)6-10(8)15/h1-6H,16H2. The molecule has 2 aromatic heterocycles. The van der Waals surface area contributed by atoms with Gasteiger partial charge in [-0.15, -0.1) is 0 Å². The Morgan fingerprint density at radius 1 is 1.25 bits per heavy atom. The first-order chi connectivity index (χ1) is 9.65. The molecule has 0 fully saturated rings. The predicted octanol–water partition coefficient (Wildman–Crippen LogP) is 3.28. The van der Waals surface area contributed by atoms with Gasteiger partial charge in [0.05, 0.1) is 5.56 Å². The van der Waals surface area contributed by atoms with Gasteiger partial charge < -0.3 is 10.3 Å². The minimum Gasteiger partial charge on any atom is -0.399 e. The zero-order valence-corrected chi connectivity index (χ0v) is 11.6. The number of hydrogen-bond donors (Lipinski definition) is 1. The lowest BCUT2D eigenvalue weighted by molar-refractivity contribution is 0.429. The van der Waals surface area contributed by atoms with Crippen LogP contribution in [0.15, 0.2) is 45.5 Å². The van der Waals surface area contributed by atoms with Gasteiger partial charge in [0, 0.05) is 16.4 Å². The molecule has 0 aliphatic carbocycles. The highest BCUT2D eigenvalue weighted by molar-refractivity contribution is 9.10. The fourth-order valence-corrected chi connectivity index (χ4v) is 2.12. The van der Waals surface area contributed by atoms with E-state index in [0.29, 0.717) is 11.4 Å². The van der Waals surface area contributed by atoms with E-state index in [2.05, 4.69) is 31.1 Å². The summed E-state index contributed by atoms with van der Waals surface area (Å²) in [5.41, 5.74) is 6.56. The summed E-state index contributed by atoms with van der Waals surface area (Å²) in [5, 5.41) is 3.81. The molecule has 1 aromatic carbocycles. The van der Waals surface area contributed by atoms with Crippen LogP contribution in [0.25, 0.3) is 23.0 Å². The van der Waals surface area contributed by atoms with E-state index >= 15 is 0 Å². The van der Waals surface area contributed by atoms with Crippen molar-refractivity contribution in [2.24, 2.45) is 0 Å². The Morgan fingerprint density at radius 2 is 2.10 bits per heavy atom. The number of anilines is 1. The maximum atomic E-state index is 13.8. The van der Waals surface area contributed by atoms with Crippen molar-refractivity contribution in [3.63, 3.8) is 0 Å². The molecule has 0 radical (unpaired) electrons.